The van der Waals surface area contributed by atoms with Crippen molar-refractivity contribution in [3.63, 3.8) is 0 Å². The summed E-state index contributed by atoms with van der Waals surface area (Å²) in [5.41, 5.74) is 0.203. The standard InChI is InChI=1S/C13H14ClN3O3/c14-12-8-15-7-11(17-12)13(18)16-4-2-5-19-9-10-3-1-6-20-10/h1,3,6-8H,2,4-5,9H2,(H,16,18). The highest BCUT2D eigenvalue weighted by Crippen LogP contribution is 2.03. The van der Waals surface area contributed by atoms with E-state index < -0.39 is 0 Å². The Bertz CT molecular complexity index is 546. The molecule has 2 aromatic rings. The second-order valence-electron chi connectivity index (χ2n) is 3.97. The van der Waals surface area contributed by atoms with E-state index in [0.29, 0.717) is 26.2 Å². The number of halogens is 1. The molecule has 0 aliphatic carbocycles. The van der Waals surface area contributed by atoms with E-state index in [1.807, 2.05) is 12.1 Å². The quantitative estimate of drug-likeness (QED) is 0.791. The van der Waals surface area contributed by atoms with Crippen molar-refractivity contribution >= 4 is 17.5 Å². The van der Waals surface area contributed by atoms with E-state index in [1.54, 1.807) is 6.26 Å². The molecule has 0 fully saturated rings. The Morgan fingerprint density at radius 1 is 1.45 bits per heavy atom. The summed E-state index contributed by atoms with van der Waals surface area (Å²) in [5.74, 6) is 0.481. The summed E-state index contributed by atoms with van der Waals surface area (Å²) in [6, 6.07) is 3.66. The van der Waals surface area contributed by atoms with Crippen LogP contribution in [0.2, 0.25) is 5.15 Å². The maximum Gasteiger partial charge on any atom is 0.271 e. The number of nitrogens with zero attached hydrogens (tertiary/aromatic N) is 2. The fourth-order valence-electron chi connectivity index (χ4n) is 1.49. The van der Waals surface area contributed by atoms with Crippen molar-refractivity contribution in [1.82, 2.24) is 15.3 Å². The molecule has 0 spiro atoms. The van der Waals surface area contributed by atoms with Gasteiger partial charge in [-0.2, -0.15) is 0 Å². The predicted molar refractivity (Wildman–Crippen MR) is 72.4 cm³/mol. The van der Waals surface area contributed by atoms with Gasteiger partial charge in [0.25, 0.3) is 5.91 Å². The van der Waals surface area contributed by atoms with Crippen LogP contribution in [0.4, 0.5) is 0 Å². The van der Waals surface area contributed by atoms with Crippen molar-refractivity contribution < 1.29 is 13.9 Å². The molecule has 106 valence electrons. The SMILES string of the molecule is O=C(NCCCOCc1ccco1)c1cncc(Cl)n1. The fourth-order valence-corrected chi connectivity index (χ4v) is 1.63. The smallest absolute Gasteiger partial charge is 0.271 e. The summed E-state index contributed by atoms with van der Waals surface area (Å²) in [6.45, 7) is 1.45. The molecule has 0 bridgehead atoms. The zero-order valence-electron chi connectivity index (χ0n) is 10.7. The number of furan rings is 1. The molecule has 2 aromatic heterocycles. The first kappa shape index (κ1) is 14.5. The summed E-state index contributed by atoms with van der Waals surface area (Å²) < 4.78 is 10.5. The molecule has 0 aromatic carbocycles. The average molecular weight is 296 g/mol. The molecule has 1 amide bonds. The molecular formula is C13H14ClN3O3. The van der Waals surface area contributed by atoms with Crippen LogP contribution in [0.3, 0.4) is 0 Å². The first-order valence-corrected chi connectivity index (χ1v) is 6.49. The van der Waals surface area contributed by atoms with E-state index in [1.165, 1.54) is 12.4 Å². The first-order valence-electron chi connectivity index (χ1n) is 6.11. The van der Waals surface area contributed by atoms with Crippen LogP contribution in [0, 0.1) is 0 Å². The zero-order chi connectivity index (χ0) is 14.2. The van der Waals surface area contributed by atoms with Crippen LogP contribution in [0.1, 0.15) is 22.7 Å². The van der Waals surface area contributed by atoms with Crippen LogP contribution >= 0.6 is 11.6 Å². The second-order valence-corrected chi connectivity index (χ2v) is 4.36. The summed E-state index contributed by atoms with van der Waals surface area (Å²) in [6.07, 6.45) is 5.04. The minimum Gasteiger partial charge on any atom is -0.467 e. The molecule has 6 nitrogen and oxygen atoms in total. The van der Waals surface area contributed by atoms with Crippen LogP contribution < -0.4 is 5.32 Å². The Kier molecular flexibility index (Phi) is 5.52. The number of amides is 1. The Hall–Kier alpha value is -1.92. The van der Waals surface area contributed by atoms with Gasteiger partial charge in [-0.25, -0.2) is 4.98 Å². The highest BCUT2D eigenvalue weighted by atomic mass is 35.5. The van der Waals surface area contributed by atoms with Gasteiger partial charge in [0.2, 0.25) is 0 Å². The fraction of sp³-hybridized carbons (Fsp3) is 0.308. The number of nitrogens with one attached hydrogen (secondary N) is 1. The minimum absolute atomic E-state index is 0.194. The lowest BCUT2D eigenvalue weighted by Crippen LogP contribution is -2.26. The van der Waals surface area contributed by atoms with Crippen LogP contribution in [-0.4, -0.2) is 29.0 Å². The van der Waals surface area contributed by atoms with E-state index in [0.717, 1.165) is 5.76 Å². The minimum atomic E-state index is -0.300. The number of carbonyl (C=O) groups is 1. The van der Waals surface area contributed by atoms with E-state index in [4.69, 9.17) is 20.8 Å². The molecule has 0 saturated heterocycles. The Morgan fingerprint density at radius 3 is 3.10 bits per heavy atom. The maximum absolute atomic E-state index is 11.7. The van der Waals surface area contributed by atoms with Crippen LogP contribution in [0.25, 0.3) is 0 Å². The van der Waals surface area contributed by atoms with Crippen LogP contribution in [0.5, 0.6) is 0 Å². The van der Waals surface area contributed by atoms with Gasteiger partial charge in [-0.05, 0) is 18.6 Å². The molecule has 0 radical (unpaired) electrons. The van der Waals surface area contributed by atoms with Crippen molar-refractivity contribution in [2.45, 2.75) is 13.0 Å². The van der Waals surface area contributed by atoms with Gasteiger partial charge in [-0.1, -0.05) is 11.6 Å². The van der Waals surface area contributed by atoms with Gasteiger partial charge in [-0.3, -0.25) is 9.78 Å². The molecule has 2 rings (SSSR count). The number of rotatable bonds is 7. The van der Waals surface area contributed by atoms with Crippen LogP contribution in [-0.2, 0) is 11.3 Å². The molecule has 0 aliphatic heterocycles. The van der Waals surface area contributed by atoms with Gasteiger partial charge in [-0.15, -0.1) is 0 Å². The summed E-state index contributed by atoms with van der Waals surface area (Å²) in [7, 11) is 0. The maximum atomic E-state index is 11.7. The van der Waals surface area contributed by atoms with Crippen molar-refractivity contribution in [3.05, 3.63) is 47.4 Å². The summed E-state index contributed by atoms with van der Waals surface area (Å²) in [4.78, 5) is 19.4. The summed E-state index contributed by atoms with van der Waals surface area (Å²) in [5, 5.41) is 2.91. The largest absolute Gasteiger partial charge is 0.467 e. The van der Waals surface area contributed by atoms with Crippen molar-refractivity contribution in [1.29, 1.82) is 0 Å². The van der Waals surface area contributed by atoms with E-state index in [9.17, 15) is 4.79 Å². The molecule has 7 heteroatoms. The third kappa shape index (κ3) is 4.64. The summed E-state index contributed by atoms with van der Waals surface area (Å²) >= 11 is 5.66. The topological polar surface area (TPSA) is 77.2 Å². The molecule has 2 heterocycles. The highest BCUT2D eigenvalue weighted by Gasteiger charge is 2.07. The lowest BCUT2D eigenvalue weighted by molar-refractivity contribution is 0.0912. The molecule has 0 saturated carbocycles. The predicted octanol–water partition coefficient (Wildman–Crippen LogP) is 2.06. The first-order chi connectivity index (χ1) is 9.75. The molecule has 0 aliphatic rings. The highest BCUT2D eigenvalue weighted by molar-refractivity contribution is 6.29. The molecule has 1 N–H and O–H groups in total. The lowest BCUT2D eigenvalue weighted by atomic mass is 10.4. The van der Waals surface area contributed by atoms with Gasteiger partial charge < -0.3 is 14.5 Å². The Balaban J connectivity index is 1.60. The van der Waals surface area contributed by atoms with Gasteiger partial charge in [0.15, 0.2) is 0 Å². The van der Waals surface area contributed by atoms with Gasteiger partial charge in [0.05, 0.1) is 18.7 Å². The number of hydrogen-bond acceptors (Lipinski definition) is 5. The molecule has 20 heavy (non-hydrogen) atoms. The third-order valence-electron chi connectivity index (χ3n) is 2.41. The van der Waals surface area contributed by atoms with E-state index in [-0.39, 0.29) is 16.8 Å². The van der Waals surface area contributed by atoms with Gasteiger partial charge >= 0.3 is 0 Å². The van der Waals surface area contributed by atoms with Crippen molar-refractivity contribution in [2.24, 2.45) is 0 Å². The third-order valence-corrected chi connectivity index (χ3v) is 2.60. The average Bonchev–Trinajstić information content (AvgIpc) is 2.95. The Morgan fingerprint density at radius 2 is 2.35 bits per heavy atom. The van der Waals surface area contributed by atoms with E-state index in [2.05, 4.69) is 15.3 Å². The van der Waals surface area contributed by atoms with Gasteiger partial charge in [0, 0.05) is 13.2 Å². The number of carbonyl (C=O) groups excluding carboxylic acids is 1. The van der Waals surface area contributed by atoms with Crippen molar-refractivity contribution in [2.75, 3.05) is 13.2 Å². The number of hydrogen-bond donors (Lipinski definition) is 1. The monoisotopic (exact) mass is 295 g/mol. The Labute approximate surface area is 121 Å². The normalized spacial score (nSPS) is 10.4. The number of ether oxygens (including phenoxy) is 1. The second kappa shape index (κ2) is 7.62. The zero-order valence-corrected chi connectivity index (χ0v) is 11.5. The van der Waals surface area contributed by atoms with Crippen LogP contribution in [0.15, 0.2) is 35.2 Å². The molecule has 0 atom stereocenters. The molecular weight excluding hydrogens is 282 g/mol. The van der Waals surface area contributed by atoms with E-state index >= 15 is 0 Å². The van der Waals surface area contributed by atoms with Crippen molar-refractivity contribution in [3.8, 4) is 0 Å². The van der Waals surface area contributed by atoms with Gasteiger partial charge in [0.1, 0.15) is 23.2 Å². The molecule has 0 unspecified atom stereocenters. The number of aromatic nitrogens is 2. The lowest BCUT2D eigenvalue weighted by Gasteiger charge is -2.05.